The van der Waals surface area contributed by atoms with Gasteiger partial charge in [0.1, 0.15) is 11.4 Å². The van der Waals surface area contributed by atoms with Crippen LogP contribution in [0.3, 0.4) is 0 Å². The molecule has 144 valence electrons. The Morgan fingerprint density at radius 2 is 2.04 bits per heavy atom. The van der Waals surface area contributed by atoms with Crippen molar-refractivity contribution in [1.82, 2.24) is 0 Å². The number of hydrogen-bond donors (Lipinski definition) is 1. The highest BCUT2D eigenvalue weighted by atomic mass is 35.5. The molecule has 6 nitrogen and oxygen atoms in total. The minimum atomic E-state index is -0.921. The summed E-state index contributed by atoms with van der Waals surface area (Å²) in [6.45, 7) is 3.57. The molecule has 27 heavy (non-hydrogen) atoms. The number of ether oxygens (including phenoxy) is 1. The van der Waals surface area contributed by atoms with Gasteiger partial charge in [0.25, 0.3) is 11.6 Å². The van der Waals surface area contributed by atoms with Crippen molar-refractivity contribution in [2.24, 2.45) is 0 Å². The average molecular weight is 429 g/mol. The molecule has 0 saturated heterocycles. The number of carbonyl (C=O) groups is 1. The van der Waals surface area contributed by atoms with Gasteiger partial charge in [0.2, 0.25) is 0 Å². The number of nitro benzene ring substituents is 1. The maximum absolute atomic E-state index is 12.5. The van der Waals surface area contributed by atoms with Gasteiger partial charge in [0, 0.05) is 16.0 Å². The number of hydrogen-bond acceptors (Lipinski definition) is 5. The van der Waals surface area contributed by atoms with Gasteiger partial charge < -0.3 is 10.1 Å². The molecule has 2 aromatic carbocycles. The van der Waals surface area contributed by atoms with Crippen LogP contribution in [0, 0.1) is 10.1 Å². The van der Waals surface area contributed by atoms with E-state index in [4.69, 9.17) is 27.9 Å². The molecule has 0 fully saturated rings. The van der Waals surface area contributed by atoms with E-state index in [0.717, 1.165) is 17.1 Å². The van der Waals surface area contributed by atoms with Crippen LogP contribution >= 0.6 is 35.0 Å². The Hall–Kier alpha value is -1.96. The number of amides is 1. The summed E-state index contributed by atoms with van der Waals surface area (Å²) in [6.07, 6.45) is 0.0472. The molecule has 0 aliphatic rings. The number of halogens is 2. The number of nitro groups is 1. The van der Waals surface area contributed by atoms with Crippen molar-refractivity contribution < 1.29 is 14.5 Å². The molecule has 1 atom stereocenters. The quantitative estimate of drug-likeness (QED) is 0.325. The van der Waals surface area contributed by atoms with Crippen LogP contribution < -0.4 is 10.1 Å². The van der Waals surface area contributed by atoms with Gasteiger partial charge in [0.05, 0.1) is 9.95 Å². The third kappa shape index (κ3) is 6.02. The minimum absolute atomic E-state index is 0.128. The second kappa shape index (κ2) is 9.82. The Bertz CT molecular complexity index is 848. The lowest BCUT2D eigenvalue weighted by atomic mass is 10.2. The summed E-state index contributed by atoms with van der Waals surface area (Å²) in [4.78, 5) is 24.0. The molecule has 1 N–H and O–H groups in total. The van der Waals surface area contributed by atoms with E-state index in [1.807, 2.05) is 6.92 Å². The summed E-state index contributed by atoms with van der Waals surface area (Å²) in [7, 11) is 0. The number of thioether (sulfide) groups is 1. The fraction of sp³-hybridized carbons (Fsp3) is 0.278. The largest absolute Gasteiger partial charge is 0.479 e. The maximum Gasteiger partial charge on any atom is 0.292 e. The Morgan fingerprint density at radius 3 is 2.67 bits per heavy atom. The second-order valence-electron chi connectivity index (χ2n) is 5.61. The predicted molar refractivity (Wildman–Crippen MR) is 109 cm³/mol. The molecule has 0 saturated carbocycles. The van der Waals surface area contributed by atoms with Crippen LogP contribution in [-0.4, -0.2) is 22.7 Å². The van der Waals surface area contributed by atoms with Gasteiger partial charge in [-0.1, -0.05) is 30.1 Å². The van der Waals surface area contributed by atoms with Crippen LogP contribution in [-0.2, 0) is 4.79 Å². The first-order chi connectivity index (χ1) is 12.8. The van der Waals surface area contributed by atoms with E-state index in [0.29, 0.717) is 10.8 Å². The van der Waals surface area contributed by atoms with Crippen LogP contribution in [0.15, 0.2) is 41.3 Å². The van der Waals surface area contributed by atoms with Crippen LogP contribution in [0.25, 0.3) is 0 Å². The van der Waals surface area contributed by atoms with E-state index in [-0.39, 0.29) is 16.4 Å². The van der Waals surface area contributed by atoms with Crippen molar-refractivity contribution in [3.63, 3.8) is 0 Å². The Balaban J connectivity index is 2.16. The van der Waals surface area contributed by atoms with Crippen molar-refractivity contribution in [2.75, 3.05) is 11.1 Å². The van der Waals surface area contributed by atoms with Crippen molar-refractivity contribution in [3.05, 3.63) is 56.6 Å². The van der Waals surface area contributed by atoms with E-state index in [9.17, 15) is 14.9 Å². The van der Waals surface area contributed by atoms with E-state index in [1.54, 1.807) is 36.0 Å². The van der Waals surface area contributed by atoms with Gasteiger partial charge >= 0.3 is 0 Å². The number of nitrogens with zero attached hydrogens (tertiary/aromatic N) is 1. The van der Waals surface area contributed by atoms with Crippen molar-refractivity contribution in [1.29, 1.82) is 0 Å². The molecule has 1 amide bonds. The molecular formula is C18H18Cl2N2O4S. The molecule has 0 aromatic heterocycles. The molecule has 0 aliphatic heterocycles. The van der Waals surface area contributed by atoms with Crippen LogP contribution in [0.1, 0.15) is 20.3 Å². The summed E-state index contributed by atoms with van der Waals surface area (Å²) < 4.78 is 5.55. The molecule has 0 spiro atoms. The fourth-order valence-electron chi connectivity index (χ4n) is 2.13. The van der Waals surface area contributed by atoms with Crippen LogP contribution in [0.2, 0.25) is 10.0 Å². The Labute approximate surface area is 171 Å². The van der Waals surface area contributed by atoms with Gasteiger partial charge in [-0.25, -0.2) is 0 Å². The molecule has 0 bridgehead atoms. The zero-order valence-electron chi connectivity index (χ0n) is 14.7. The van der Waals surface area contributed by atoms with Crippen molar-refractivity contribution in [2.45, 2.75) is 31.3 Å². The van der Waals surface area contributed by atoms with Gasteiger partial charge in [-0.3, -0.25) is 14.9 Å². The number of rotatable bonds is 8. The summed E-state index contributed by atoms with van der Waals surface area (Å²) >= 11 is 13.4. The average Bonchev–Trinajstić information content (AvgIpc) is 2.62. The molecule has 2 aromatic rings. The SMILES string of the molecule is CCCSc1ccc([N+](=O)[O-])c(NC(=O)C(C)Oc2ccc(Cl)cc2Cl)c1. The van der Waals surface area contributed by atoms with E-state index in [1.165, 1.54) is 19.1 Å². The highest BCUT2D eigenvalue weighted by Crippen LogP contribution is 2.31. The van der Waals surface area contributed by atoms with Crippen molar-refractivity contribution in [3.8, 4) is 5.75 Å². The van der Waals surface area contributed by atoms with E-state index < -0.39 is 16.9 Å². The second-order valence-corrected chi connectivity index (χ2v) is 7.62. The molecule has 0 radical (unpaired) electrons. The number of nitrogens with one attached hydrogen (secondary N) is 1. The molecule has 9 heteroatoms. The van der Waals surface area contributed by atoms with Crippen LogP contribution in [0.4, 0.5) is 11.4 Å². The van der Waals surface area contributed by atoms with Gasteiger partial charge in [-0.2, -0.15) is 0 Å². The normalized spacial score (nSPS) is 11.7. The summed E-state index contributed by atoms with van der Waals surface area (Å²) in [5, 5.41) is 14.5. The first-order valence-corrected chi connectivity index (χ1v) is 9.89. The topological polar surface area (TPSA) is 81.5 Å². The lowest BCUT2D eigenvalue weighted by Crippen LogP contribution is -2.30. The minimum Gasteiger partial charge on any atom is -0.479 e. The van der Waals surface area contributed by atoms with Gasteiger partial charge in [-0.05, 0) is 49.4 Å². The highest BCUT2D eigenvalue weighted by Gasteiger charge is 2.21. The van der Waals surface area contributed by atoms with E-state index >= 15 is 0 Å². The zero-order chi connectivity index (χ0) is 20.0. The number of benzene rings is 2. The number of anilines is 1. The standard InChI is InChI=1S/C18H18Cl2N2O4S/c1-3-8-27-13-5-6-16(22(24)25)15(10-13)21-18(23)11(2)26-17-7-4-12(19)9-14(17)20/h4-7,9-11H,3,8H2,1-2H3,(H,21,23). The summed E-state index contributed by atoms with van der Waals surface area (Å²) in [6, 6.07) is 9.29. The first kappa shape index (κ1) is 21.3. The lowest BCUT2D eigenvalue weighted by Gasteiger charge is -2.16. The van der Waals surface area contributed by atoms with Gasteiger partial charge in [0.15, 0.2) is 6.10 Å². The van der Waals surface area contributed by atoms with Crippen LogP contribution in [0.5, 0.6) is 5.75 Å². The Morgan fingerprint density at radius 1 is 1.30 bits per heavy atom. The smallest absolute Gasteiger partial charge is 0.292 e. The summed E-state index contributed by atoms with van der Waals surface area (Å²) in [5.41, 5.74) is -0.0512. The molecule has 1 unspecified atom stereocenters. The van der Waals surface area contributed by atoms with Gasteiger partial charge in [-0.15, -0.1) is 11.8 Å². The summed E-state index contributed by atoms with van der Waals surface area (Å²) in [5.74, 6) is 0.645. The maximum atomic E-state index is 12.5. The number of carbonyl (C=O) groups excluding carboxylic acids is 1. The zero-order valence-corrected chi connectivity index (χ0v) is 17.0. The molecule has 2 rings (SSSR count). The lowest BCUT2D eigenvalue weighted by molar-refractivity contribution is -0.384. The molecule has 0 aliphatic carbocycles. The molecular weight excluding hydrogens is 411 g/mol. The predicted octanol–water partition coefficient (Wildman–Crippen LogP) is 5.81. The molecule has 0 heterocycles. The fourth-order valence-corrected chi connectivity index (χ4v) is 3.39. The van der Waals surface area contributed by atoms with Crippen molar-refractivity contribution >= 4 is 52.2 Å². The third-order valence-corrected chi connectivity index (χ3v) is 5.19. The monoisotopic (exact) mass is 428 g/mol. The highest BCUT2D eigenvalue weighted by molar-refractivity contribution is 7.99. The first-order valence-electron chi connectivity index (χ1n) is 8.15. The third-order valence-electron chi connectivity index (χ3n) is 3.46. The Kier molecular flexibility index (Phi) is 7.77. The van der Waals surface area contributed by atoms with E-state index in [2.05, 4.69) is 5.32 Å².